The summed E-state index contributed by atoms with van der Waals surface area (Å²) in [5.74, 6) is 1.73. The molecule has 2 aliphatic rings. The Kier molecular flexibility index (Phi) is 8.76. The van der Waals surface area contributed by atoms with Crippen LogP contribution in [-0.2, 0) is 4.79 Å². The third kappa shape index (κ3) is 6.47. The van der Waals surface area contributed by atoms with Gasteiger partial charge in [0.1, 0.15) is 18.0 Å². The number of hydrogen-bond donors (Lipinski definition) is 3. The Labute approximate surface area is 254 Å². The number of halogens is 2. The molecule has 2 aromatic heterocycles. The molecule has 6 rings (SSSR count). The van der Waals surface area contributed by atoms with Crippen LogP contribution < -0.4 is 10.6 Å². The van der Waals surface area contributed by atoms with Gasteiger partial charge in [0.05, 0.1) is 33.2 Å². The van der Waals surface area contributed by atoms with Crippen molar-refractivity contribution in [2.24, 2.45) is 5.92 Å². The lowest BCUT2D eigenvalue weighted by molar-refractivity contribution is -0.121. The zero-order valence-corrected chi connectivity index (χ0v) is 25.0. The van der Waals surface area contributed by atoms with Crippen molar-refractivity contribution in [1.82, 2.24) is 30.2 Å². The molecule has 220 valence electrons. The second kappa shape index (κ2) is 12.8. The minimum absolute atomic E-state index is 0.0205. The maximum Gasteiger partial charge on any atom is 0.255 e. The van der Waals surface area contributed by atoms with Gasteiger partial charge in [-0.25, -0.2) is 15.0 Å². The number of likely N-dealkylation sites (tertiary alicyclic amines) is 1. The fraction of sp³-hybridized carbons (Fsp3) is 0.452. The van der Waals surface area contributed by atoms with Crippen molar-refractivity contribution in [2.45, 2.75) is 63.8 Å². The van der Waals surface area contributed by atoms with Crippen LogP contribution in [0.1, 0.15) is 80.0 Å². The number of carbonyl (C=O) groups is 2. The van der Waals surface area contributed by atoms with Crippen molar-refractivity contribution >= 4 is 62.8 Å². The van der Waals surface area contributed by atoms with E-state index in [1.54, 1.807) is 18.2 Å². The second-order valence-corrected chi connectivity index (χ2v) is 12.2. The molecule has 2 fully saturated rings. The number of carbonyl (C=O) groups excluding carboxylic acids is 2. The summed E-state index contributed by atoms with van der Waals surface area (Å²) in [6, 6.07) is 8.62. The van der Waals surface area contributed by atoms with Crippen molar-refractivity contribution in [3.63, 3.8) is 0 Å². The number of aromatic amines is 1. The Balaban J connectivity index is 1.25. The second-order valence-electron chi connectivity index (χ2n) is 11.4. The zero-order chi connectivity index (χ0) is 29.1. The van der Waals surface area contributed by atoms with Gasteiger partial charge < -0.3 is 20.5 Å². The highest BCUT2D eigenvalue weighted by molar-refractivity contribution is 6.35. The number of anilines is 1. The molecule has 3 heterocycles. The SMILES string of the molecule is O=C(CCC(Nc1ncnc2cc(C(=O)N3CCCC3)c(Cl)cc12)c1nc2ccc(Cl)cc2[nH]1)NCC1CCCCC1. The van der Waals surface area contributed by atoms with Crippen molar-refractivity contribution in [3.8, 4) is 0 Å². The van der Waals surface area contributed by atoms with Crippen LogP contribution in [0.5, 0.6) is 0 Å². The summed E-state index contributed by atoms with van der Waals surface area (Å²) < 4.78 is 0. The molecule has 4 aromatic rings. The number of nitrogens with zero attached hydrogens (tertiary/aromatic N) is 4. The Bertz CT molecular complexity index is 1600. The van der Waals surface area contributed by atoms with Gasteiger partial charge in [-0.2, -0.15) is 0 Å². The van der Waals surface area contributed by atoms with Crippen LogP contribution in [0.4, 0.5) is 5.82 Å². The third-order valence-electron chi connectivity index (χ3n) is 8.42. The molecule has 9 nitrogen and oxygen atoms in total. The summed E-state index contributed by atoms with van der Waals surface area (Å²) in [6.07, 6.45) is 10.4. The highest BCUT2D eigenvalue weighted by Gasteiger charge is 2.24. The summed E-state index contributed by atoms with van der Waals surface area (Å²) >= 11 is 12.9. The van der Waals surface area contributed by atoms with Crippen molar-refractivity contribution in [1.29, 1.82) is 0 Å². The Hall–Kier alpha value is -3.43. The summed E-state index contributed by atoms with van der Waals surface area (Å²) in [4.78, 5) is 44.9. The van der Waals surface area contributed by atoms with Gasteiger partial charge in [0.2, 0.25) is 5.91 Å². The van der Waals surface area contributed by atoms with Crippen LogP contribution in [0.3, 0.4) is 0 Å². The van der Waals surface area contributed by atoms with E-state index < -0.39 is 0 Å². The molecule has 1 atom stereocenters. The number of fused-ring (bicyclic) bond motifs is 2. The first-order valence-electron chi connectivity index (χ1n) is 14.9. The average molecular weight is 609 g/mol. The summed E-state index contributed by atoms with van der Waals surface area (Å²) in [6.45, 7) is 2.21. The van der Waals surface area contributed by atoms with E-state index in [2.05, 4.69) is 25.6 Å². The molecule has 0 bridgehead atoms. The molecule has 1 saturated heterocycles. The molecule has 2 aromatic carbocycles. The molecule has 1 saturated carbocycles. The monoisotopic (exact) mass is 607 g/mol. The largest absolute Gasteiger partial charge is 0.359 e. The van der Waals surface area contributed by atoms with Crippen LogP contribution in [-0.4, -0.2) is 56.3 Å². The third-order valence-corrected chi connectivity index (χ3v) is 8.97. The van der Waals surface area contributed by atoms with Crippen molar-refractivity contribution < 1.29 is 9.59 Å². The van der Waals surface area contributed by atoms with Crippen LogP contribution in [0.25, 0.3) is 21.9 Å². The molecule has 0 radical (unpaired) electrons. The highest BCUT2D eigenvalue weighted by atomic mass is 35.5. The summed E-state index contributed by atoms with van der Waals surface area (Å²) in [5.41, 5.74) is 2.64. The van der Waals surface area contributed by atoms with Gasteiger partial charge in [-0.3, -0.25) is 9.59 Å². The maximum atomic E-state index is 13.1. The number of benzene rings is 2. The van der Waals surface area contributed by atoms with Crippen LogP contribution in [0.2, 0.25) is 10.0 Å². The number of aromatic nitrogens is 4. The fourth-order valence-corrected chi connectivity index (χ4v) is 6.48. The fourth-order valence-electron chi connectivity index (χ4n) is 6.07. The van der Waals surface area contributed by atoms with Gasteiger partial charge >= 0.3 is 0 Å². The number of rotatable bonds is 9. The highest BCUT2D eigenvalue weighted by Crippen LogP contribution is 2.32. The molecular weight excluding hydrogens is 573 g/mol. The van der Waals surface area contributed by atoms with E-state index in [4.69, 9.17) is 28.2 Å². The van der Waals surface area contributed by atoms with Crippen LogP contribution >= 0.6 is 23.2 Å². The Morgan fingerprint density at radius 1 is 1.00 bits per heavy atom. The molecule has 0 spiro atoms. The minimum Gasteiger partial charge on any atom is -0.359 e. The normalized spacial score (nSPS) is 16.7. The van der Waals surface area contributed by atoms with E-state index in [9.17, 15) is 9.59 Å². The van der Waals surface area contributed by atoms with E-state index in [1.165, 1.54) is 38.4 Å². The van der Waals surface area contributed by atoms with E-state index in [0.29, 0.717) is 56.9 Å². The number of imidazole rings is 1. The lowest BCUT2D eigenvalue weighted by Crippen LogP contribution is -2.30. The molecule has 42 heavy (non-hydrogen) atoms. The van der Waals surface area contributed by atoms with Crippen LogP contribution in [0, 0.1) is 5.92 Å². The standard InChI is InChI=1S/C31H35Cl2N7O2/c32-20-8-9-24-27(14-20)39-30(37-24)25(10-11-28(41)34-17-19-6-2-1-3-7-19)38-29-22-15-23(33)21(16-26(22)35-18-36-29)31(42)40-12-4-5-13-40/h8-9,14-16,18-19,25H,1-7,10-13,17H2,(H,34,41)(H,37,39)(H,35,36,38). The molecule has 1 aliphatic heterocycles. The first-order valence-corrected chi connectivity index (χ1v) is 15.6. The summed E-state index contributed by atoms with van der Waals surface area (Å²) in [5, 5.41) is 8.29. The van der Waals surface area contributed by atoms with Gasteiger partial charge in [-0.15, -0.1) is 0 Å². The molecule has 1 unspecified atom stereocenters. The van der Waals surface area contributed by atoms with Crippen molar-refractivity contribution in [3.05, 3.63) is 58.1 Å². The van der Waals surface area contributed by atoms with Gasteiger partial charge in [0.25, 0.3) is 5.91 Å². The lowest BCUT2D eigenvalue weighted by Gasteiger charge is -2.22. The number of nitrogens with one attached hydrogen (secondary N) is 3. The van der Waals surface area contributed by atoms with E-state index >= 15 is 0 Å². The Morgan fingerprint density at radius 2 is 1.81 bits per heavy atom. The molecule has 2 amide bonds. The van der Waals surface area contributed by atoms with Gasteiger partial charge in [-0.05, 0) is 68.4 Å². The number of hydrogen-bond acceptors (Lipinski definition) is 6. The van der Waals surface area contributed by atoms with Gasteiger partial charge in [-0.1, -0.05) is 42.5 Å². The number of amides is 2. The van der Waals surface area contributed by atoms with Gasteiger partial charge in [0.15, 0.2) is 0 Å². The first-order chi connectivity index (χ1) is 20.4. The van der Waals surface area contributed by atoms with E-state index in [0.717, 1.165) is 43.5 Å². The minimum atomic E-state index is -0.362. The zero-order valence-electron chi connectivity index (χ0n) is 23.5. The first kappa shape index (κ1) is 28.7. The molecule has 11 heteroatoms. The topological polar surface area (TPSA) is 116 Å². The lowest BCUT2D eigenvalue weighted by atomic mass is 9.89. The molecule has 1 aliphatic carbocycles. The van der Waals surface area contributed by atoms with E-state index in [-0.39, 0.29) is 17.9 Å². The average Bonchev–Trinajstić information content (AvgIpc) is 3.69. The quantitative estimate of drug-likeness (QED) is 0.195. The molecule has 3 N–H and O–H groups in total. The predicted octanol–water partition coefficient (Wildman–Crippen LogP) is 6.68. The predicted molar refractivity (Wildman–Crippen MR) is 166 cm³/mol. The van der Waals surface area contributed by atoms with Crippen LogP contribution in [0.15, 0.2) is 36.7 Å². The smallest absolute Gasteiger partial charge is 0.255 e. The molecular formula is C31H35Cl2N7O2. The number of H-pyrrole nitrogens is 1. The maximum absolute atomic E-state index is 13.1. The van der Waals surface area contributed by atoms with Crippen molar-refractivity contribution in [2.75, 3.05) is 25.0 Å². The Morgan fingerprint density at radius 3 is 2.62 bits per heavy atom. The van der Waals surface area contributed by atoms with E-state index in [1.807, 2.05) is 17.0 Å². The summed E-state index contributed by atoms with van der Waals surface area (Å²) in [7, 11) is 0. The van der Waals surface area contributed by atoms with Gasteiger partial charge in [0, 0.05) is 36.5 Å².